The SMILES string of the molecule is Cc1ccc(O)c(COO)c1. The summed E-state index contributed by atoms with van der Waals surface area (Å²) in [5, 5.41) is 17.3. The monoisotopic (exact) mass is 154 g/mol. The molecule has 0 fully saturated rings. The lowest BCUT2D eigenvalue weighted by Gasteiger charge is -2.02. The van der Waals surface area contributed by atoms with Crippen molar-refractivity contribution in [2.75, 3.05) is 0 Å². The van der Waals surface area contributed by atoms with Crippen molar-refractivity contribution in [3.05, 3.63) is 29.3 Å². The van der Waals surface area contributed by atoms with Crippen LogP contribution in [0.5, 0.6) is 5.75 Å². The van der Waals surface area contributed by atoms with Gasteiger partial charge in [0, 0.05) is 5.56 Å². The zero-order valence-corrected chi connectivity index (χ0v) is 6.24. The van der Waals surface area contributed by atoms with E-state index in [0.717, 1.165) is 5.56 Å². The van der Waals surface area contributed by atoms with Crippen LogP contribution in [0, 0.1) is 6.92 Å². The highest BCUT2D eigenvalue weighted by Gasteiger charge is 1.99. The van der Waals surface area contributed by atoms with Gasteiger partial charge >= 0.3 is 0 Å². The summed E-state index contributed by atoms with van der Waals surface area (Å²) < 4.78 is 0. The molecule has 0 amide bonds. The van der Waals surface area contributed by atoms with Crippen LogP contribution >= 0.6 is 0 Å². The molecule has 0 spiro atoms. The zero-order valence-electron chi connectivity index (χ0n) is 6.24. The van der Waals surface area contributed by atoms with Crippen molar-refractivity contribution in [1.29, 1.82) is 0 Å². The lowest BCUT2D eigenvalue weighted by molar-refractivity contribution is -0.253. The van der Waals surface area contributed by atoms with Crippen molar-refractivity contribution in [2.45, 2.75) is 13.5 Å². The minimum Gasteiger partial charge on any atom is -0.508 e. The van der Waals surface area contributed by atoms with E-state index in [2.05, 4.69) is 4.89 Å². The Morgan fingerprint density at radius 3 is 2.82 bits per heavy atom. The first-order valence-corrected chi connectivity index (χ1v) is 3.29. The van der Waals surface area contributed by atoms with Gasteiger partial charge in [-0.15, -0.1) is 0 Å². The van der Waals surface area contributed by atoms with Crippen molar-refractivity contribution in [1.82, 2.24) is 0 Å². The van der Waals surface area contributed by atoms with Gasteiger partial charge in [-0.05, 0) is 19.1 Å². The quantitative estimate of drug-likeness (QED) is 0.503. The molecule has 0 saturated heterocycles. The topological polar surface area (TPSA) is 49.7 Å². The molecule has 0 radical (unpaired) electrons. The molecule has 0 heterocycles. The normalized spacial score (nSPS) is 10.0. The number of hydrogen-bond acceptors (Lipinski definition) is 3. The van der Waals surface area contributed by atoms with Crippen molar-refractivity contribution in [3.8, 4) is 5.75 Å². The van der Waals surface area contributed by atoms with Crippen LogP contribution in [0.4, 0.5) is 0 Å². The average molecular weight is 154 g/mol. The van der Waals surface area contributed by atoms with Crippen molar-refractivity contribution >= 4 is 0 Å². The van der Waals surface area contributed by atoms with Crippen LogP contribution in [0.2, 0.25) is 0 Å². The van der Waals surface area contributed by atoms with Crippen LogP contribution in [0.1, 0.15) is 11.1 Å². The fourth-order valence-electron chi connectivity index (χ4n) is 0.899. The maximum absolute atomic E-state index is 9.17. The van der Waals surface area contributed by atoms with E-state index in [9.17, 15) is 5.11 Å². The Morgan fingerprint density at radius 1 is 1.45 bits per heavy atom. The smallest absolute Gasteiger partial charge is 0.121 e. The van der Waals surface area contributed by atoms with Crippen LogP contribution in [0.15, 0.2) is 18.2 Å². The number of aromatic hydroxyl groups is 1. The third-order valence-electron chi connectivity index (χ3n) is 1.46. The van der Waals surface area contributed by atoms with Gasteiger partial charge < -0.3 is 5.11 Å². The summed E-state index contributed by atoms with van der Waals surface area (Å²) in [6.45, 7) is 1.92. The molecule has 3 heteroatoms. The van der Waals surface area contributed by atoms with E-state index in [4.69, 9.17) is 5.26 Å². The van der Waals surface area contributed by atoms with E-state index < -0.39 is 0 Å². The third-order valence-corrected chi connectivity index (χ3v) is 1.46. The van der Waals surface area contributed by atoms with Gasteiger partial charge in [0.25, 0.3) is 0 Å². The van der Waals surface area contributed by atoms with Crippen molar-refractivity contribution in [3.63, 3.8) is 0 Å². The molecule has 0 aliphatic carbocycles. The molecule has 1 aromatic carbocycles. The molecular formula is C8H10O3. The number of rotatable bonds is 2. The predicted octanol–water partition coefficient (Wildman–Crippen LogP) is 1.69. The fourth-order valence-corrected chi connectivity index (χ4v) is 0.899. The van der Waals surface area contributed by atoms with E-state index in [1.807, 2.05) is 6.92 Å². The second-order valence-corrected chi connectivity index (χ2v) is 2.41. The Balaban J connectivity index is 2.93. The van der Waals surface area contributed by atoms with Gasteiger partial charge in [0.2, 0.25) is 0 Å². The molecule has 1 aromatic rings. The lowest BCUT2D eigenvalue weighted by atomic mass is 10.1. The molecule has 0 aliphatic heterocycles. The highest BCUT2D eigenvalue weighted by Crippen LogP contribution is 2.18. The first kappa shape index (κ1) is 8.04. The molecule has 0 atom stereocenters. The molecule has 1 rings (SSSR count). The van der Waals surface area contributed by atoms with Gasteiger partial charge in [-0.25, -0.2) is 4.89 Å². The maximum Gasteiger partial charge on any atom is 0.121 e. The molecular weight excluding hydrogens is 144 g/mol. The number of phenolic OH excluding ortho intramolecular Hbond substituents is 1. The summed E-state index contributed by atoms with van der Waals surface area (Å²) in [6.07, 6.45) is 0. The van der Waals surface area contributed by atoms with Gasteiger partial charge in [-0.1, -0.05) is 11.6 Å². The number of phenols is 1. The maximum atomic E-state index is 9.17. The molecule has 0 saturated carbocycles. The molecule has 2 N–H and O–H groups in total. The summed E-state index contributed by atoms with van der Waals surface area (Å²) in [5.74, 6) is 0.143. The minimum absolute atomic E-state index is 0.0213. The van der Waals surface area contributed by atoms with Gasteiger partial charge in [0.1, 0.15) is 12.4 Å². The van der Waals surface area contributed by atoms with Crippen LogP contribution in [-0.2, 0) is 11.5 Å². The molecule has 11 heavy (non-hydrogen) atoms. The van der Waals surface area contributed by atoms with E-state index in [-0.39, 0.29) is 12.4 Å². The molecule has 0 unspecified atom stereocenters. The first-order chi connectivity index (χ1) is 5.24. The molecule has 3 nitrogen and oxygen atoms in total. The van der Waals surface area contributed by atoms with Crippen LogP contribution in [0.3, 0.4) is 0 Å². The fraction of sp³-hybridized carbons (Fsp3) is 0.250. The number of hydrogen-bond donors (Lipinski definition) is 2. The summed E-state index contributed by atoms with van der Waals surface area (Å²) >= 11 is 0. The Morgan fingerprint density at radius 2 is 2.18 bits per heavy atom. The van der Waals surface area contributed by atoms with Gasteiger partial charge in [0.05, 0.1) is 0 Å². The Labute approximate surface area is 64.8 Å². The number of benzene rings is 1. The average Bonchev–Trinajstić information content (AvgIpc) is 1.98. The standard InChI is InChI=1S/C8H10O3/c1-6-2-3-8(9)7(4-6)5-11-10/h2-4,9-10H,5H2,1H3. The second kappa shape index (κ2) is 3.37. The van der Waals surface area contributed by atoms with E-state index in [0.29, 0.717) is 5.56 Å². The lowest BCUT2D eigenvalue weighted by Crippen LogP contribution is -1.89. The summed E-state index contributed by atoms with van der Waals surface area (Å²) in [4.78, 5) is 3.90. The zero-order chi connectivity index (χ0) is 8.27. The Bertz CT molecular complexity index is 245. The highest BCUT2D eigenvalue weighted by atomic mass is 17.1. The van der Waals surface area contributed by atoms with Gasteiger partial charge in [-0.2, -0.15) is 0 Å². The minimum atomic E-state index is 0.0213. The first-order valence-electron chi connectivity index (χ1n) is 3.29. The molecule has 0 aliphatic rings. The van der Waals surface area contributed by atoms with Crippen LogP contribution < -0.4 is 0 Å². The Kier molecular flexibility index (Phi) is 2.46. The summed E-state index contributed by atoms with van der Waals surface area (Å²) in [5.41, 5.74) is 1.61. The second-order valence-electron chi connectivity index (χ2n) is 2.41. The van der Waals surface area contributed by atoms with Gasteiger partial charge in [-0.3, -0.25) is 5.26 Å². The Hall–Kier alpha value is -1.06. The van der Waals surface area contributed by atoms with Crippen molar-refractivity contribution < 1.29 is 15.3 Å². The van der Waals surface area contributed by atoms with Crippen LogP contribution in [-0.4, -0.2) is 10.4 Å². The predicted molar refractivity (Wildman–Crippen MR) is 40.3 cm³/mol. The largest absolute Gasteiger partial charge is 0.508 e. The van der Waals surface area contributed by atoms with E-state index in [1.165, 1.54) is 0 Å². The highest BCUT2D eigenvalue weighted by molar-refractivity contribution is 5.34. The molecule has 60 valence electrons. The van der Waals surface area contributed by atoms with E-state index in [1.54, 1.807) is 18.2 Å². The van der Waals surface area contributed by atoms with E-state index >= 15 is 0 Å². The number of aryl methyl sites for hydroxylation is 1. The van der Waals surface area contributed by atoms with Gasteiger partial charge in [0.15, 0.2) is 0 Å². The summed E-state index contributed by atoms with van der Waals surface area (Å²) in [7, 11) is 0. The summed E-state index contributed by atoms with van der Waals surface area (Å²) in [6, 6.07) is 5.12. The van der Waals surface area contributed by atoms with Crippen molar-refractivity contribution in [2.24, 2.45) is 0 Å². The molecule has 0 aromatic heterocycles. The third kappa shape index (κ3) is 1.93. The molecule has 0 bridgehead atoms. The van der Waals surface area contributed by atoms with Crippen LogP contribution in [0.25, 0.3) is 0 Å².